The number of benzene rings is 1. The maximum Gasteiger partial charge on any atom is 0.223 e. The minimum Gasteiger partial charge on any atom is -0.495 e. The molecule has 2 N–H and O–H groups in total. The van der Waals surface area contributed by atoms with Crippen LogP contribution in [0.25, 0.3) is 10.6 Å². The molecule has 0 saturated heterocycles. The Bertz CT molecular complexity index is 923. The van der Waals surface area contributed by atoms with Crippen molar-refractivity contribution in [2.75, 3.05) is 17.7 Å². The summed E-state index contributed by atoms with van der Waals surface area (Å²) in [5.74, 6) is 0.539. The fourth-order valence-electron chi connectivity index (χ4n) is 2.17. The van der Waals surface area contributed by atoms with E-state index in [1.54, 1.807) is 25.3 Å². The third kappa shape index (κ3) is 4.09. The number of nitrogens with zero attached hydrogens (tertiary/aromatic N) is 2. The second-order valence-electron chi connectivity index (χ2n) is 5.12. The number of carbonyl (C=O) groups is 1. The van der Waals surface area contributed by atoms with E-state index in [9.17, 15) is 4.79 Å². The van der Waals surface area contributed by atoms with Crippen LogP contribution >= 0.6 is 34.3 Å². The number of aryl methyl sites for hydroxylation is 1. The number of hydrogen-bond acceptors (Lipinski definition) is 7. The van der Waals surface area contributed by atoms with Gasteiger partial charge in [0.05, 0.1) is 29.1 Å². The molecule has 0 aliphatic carbocycles. The molecule has 0 radical (unpaired) electrons. The lowest BCUT2D eigenvalue weighted by Crippen LogP contribution is -2.04. The van der Waals surface area contributed by atoms with Crippen LogP contribution in [0, 0.1) is 6.92 Å². The second-order valence-corrected chi connectivity index (χ2v) is 7.42. The summed E-state index contributed by atoms with van der Waals surface area (Å²) in [6.07, 6.45) is 0. The molecule has 6 nitrogen and oxygen atoms in total. The molecule has 0 saturated carbocycles. The minimum absolute atomic E-state index is 0.144. The smallest absolute Gasteiger partial charge is 0.223 e. The van der Waals surface area contributed by atoms with Crippen molar-refractivity contribution in [1.29, 1.82) is 0 Å². The van der Waals surface area contributed by atoms with Crippen molar-refractivity contribution in [3.63, 3.8) is 0 Å². The molecular weight excluding hydrogens is 380 g/mol. The van der Waals surface area contributed by atoms with Gasteiger partial charge in [-0.2, -0.15) is 0 Å². The molecular formula is C16H15ClN4O2S2. The van der Waals surface area contributed by atoms with Crippen LogP contribution in [-0.4, -0.2) is 23.0 Å². The van der Waals surface area contributed by atoms with Gasteiger partial charge in [0.15, 0.2) is 10.3 Å². The molecule has 130 valence electrons. The van der Waals surface area contributed by atoms with Gasteiger partial charge in [-0.05, 0) is 25.1 Å². The quantitative estimate of drug-likeness (QED) is 0.641. The van der Waals surface area contributed by atoms with Gasteiger partial charge < -0.3 is 15.4 Å². The molecule has 0 spiro atoms. The van der Waals surface area contributed by atoms with Gasteiger partial charge in [0.25, 0.3) is 0 Å². The molecule has 1 amide bonds. The zero-order valence-electron chi connectivity index (χ0n) is 13.7. The van der Waals surface area contributed by atoms with E-state index in [2.05, 4.69) is 20.6 Å². The molecule has 0 aliphatic heterocycles. The monoisotopic (exact) mass is 394 g/mol. The van der Waals surface area contributed by atoms with Gasteiger partial charge in [0, 0.05) is 17.3 Å². The van der Waals surface area contributed by atoms with Crippen molar-refractivity contribution in [2.24, 2.45) is 0 Å². The summed E-state index contributed by atoms with van der Waals surface area (Å²) < 4.78 is 5.33. The van der Waals surface area contributed by atoms with Gasteiger partial charge in [0.1, 0.15) is 5.75 Å². The fourth-order valence-corrected chi connectivity index (χ4v) is 4.10. The highest BCUT2D eigenvalue weighted by atomic mass is 35.5. The zero-order chi connectivity index (χ0) is 18.0. The molecule has 3 rings (SSSR count). The predicted molar refractivity (Wildman–Crippen MR) is 104 cm³/mol. The highest BCUT2D eigenvalue weighted by Crippen LogP contribution is 2.36. The predicted octanol–water partition coefficient (Wildman–Crippen LogP) is 4.94. The minimum atomic E-state index is -0.144. The number of ether oxygens (including phenoxy) is 1. The van der Waals surface area contributed by atoms with Gasteiger partial charge in [-0.3, -0.25) is 4.79 Å². The van der Waals surface area contributed by atoms with Crippen LogP contribution in [0.15, 0.2) is 23.6 Å². The van der Waals surface area contributed by atoms with E-state index in [0.717, 1.165) is 22.0 Å². The summed E-state index contributed by atoms with van der Waals surface area (Å²) in [5, 5.41) is 9.76. The molecule has 3 aromatic rings. The Morgan fingerprint density at radius 1 is 1.28 bits per heavy atom. The van der Waals surface area contributed by atoms with Crippen LogP contribution < -0.4 is 15.4 Å². The third-order valence-electron chi connectivity index (χ3n) is 3.22. The number of aromatic nitrogens is 2. The van der Waals surface area contributed by atoms with Gasteiger partial charge in [0.2, 0.25) is 5.91 Å². The molecule has 2 aromatic heterocycles. The first-order valence-electron chi connectivity index (χ1n) is 7.27. The molecule has 0 fully saturated rings. The fraction of sp³-hybridized carbons (Fsp3) is 0.188. The van der Waals surface area contributed by atoms with Crippen molar-refractivity contribution in [2.45, 2.75) is 13.8 Å². The standard InChI is InChI=1S/C16H15ClN4O2S2/c1-8-14(25-16(18-8)19-9(2)22)12-7-24-15(21-12)20-11-6-10(17)4-5-13(11)23-3/h4-7H,1-3H3,(H,20,21)(H,18,19,22). The normalized spacial score (nSPS) is 10.6. The summed E-state index contributed by atoms with van der Waals surface area (Å²) in [6, 6.07) is 5.35. The van der Waals surface area contributed by atoms with Crippen LogP contribution in [-0.2, 0) is 4.79 Å². The molecule has 0 bridgehead atoms. The molecule has 1 aromatic carbocycles. The highest BCUT2D eigenvalue weighted by Gasteiger charge is 2.14. The number of carbonyl (C=O) groups excluding carboxylic acids is 1. The van der Waals surface area contributed by atoms with E-state index in [-0.39, 0.29) is 5.91 Å². The lowest BCUT2D eigenvalue weighted by Gasteiger charge is -2.09. The van der Waals surface area contributed by atoms with Crippen molar-refractivity contribution in [1.82, 2.24) is 9.97 Å². The van der Waals surface area contributed by atoms with Gasteiger partial charge in [-0.1, -0.05) is 22.9 Å². The topological polar surface area (TPSA) is 76.1 Å². The zero-order valence-corrected chi connectivity index (χ0v) is 16.1. The van der Waals surface area contributed by atoms with Gasteiger partial charge in [-0.15, -0.1) is 11.3 Å². The molecule has 2 heterocycles. The lowest BCUT2D eigenvalue weighted by atomic mass is 10.3. The first kappa shape index (κ1) is 17.7. The van der Waals surface area contributed by atoms with Crippen molar-refractivity contribution >= 4 is 56.1 Å². The van der Waals surface area contributed by atoms with Gasteiger partial charge in [-0.25, -0.2) is 9.97 Å². The largest absolute Gasteiger partial charge is 0.495 e. The number of hydrogen-bond donors (Lipinski definition) is 2. The summed E-state index contributed by atoms with van der Waals surface area (Å²) in [5.41, 5.74) is 2.38. The highest BCUT2D eigenvalue weighted by molar-refractivity contribution is 7.20. The van der Waals surface area contributed by atoms with E-state index >= 15 is 0 Å². The Morgan fingerprint density at radius 3 is 2.80 bits per heavy atom. The molecule has 0 atom stereocenters. The molecule has 0 unspecified atom stereocenters. The van der Waals surface area contributed by atoms with Gasteiger partial charge >= 0.3 is 0 Å². The summed E-state index contributed by atoms with van der Waals surface area (Å²) in [7, 11) is 1.60. The molecule has 9 heteroatoms. The van der Waals surface area contributed by atoms with E-state index in [1.807, 2.05) is 12.3 Å². The van der Waals surface area contributed by atoms with Crippen LogP contribution in [0.3, 0.4) is 0 Å². The average molecular weight is 395 g/mol. The summed E-state index contributed by atoms with van der Waals surface area (Å²) >= 11 is 8.92. The van der Waals surface area contributed by atoms with E-state index in [1.165, 1.54) is 29.6 Å². The molecule has 25 heavy (non-hydrogen) atoms. The SMILES string of the molecule is COc1ccc(Cl)cc1Nc1nc(-c2sc(NC(C)=O)nc2C)cs1. The average Bonchev–Trinajstić information content (AvgIpc) is 3.13. The van der Waals surface area contributed by atoms with E-state index in [0.29, 0.717) is 21.0 Å². The number of amides is 1. The lowest BCUT2D eigenvalue weighted by molar-refractivity contribution is -0.114. The number of anilines is 3. The van der Waals surface area contributed by atoms with Crippen molar-refractivity contribution < 1.29 is 9.53 Å². The number of thiazole rings is 2. The Hall–Kier alpha value is -2.16. The summed E-state index contributed by atoms with van der Waals surface area (Å²) in [6.45, 7) is 3.35. The first-order valence-corrected chi connectivity index (χ1v) is 9.35. The Kier molecular flexibility index (Phi) is 5.22. The van der Waals surface area contributed by atoms with Crippen LogP contribution in [0.5, 0.6) is 5.75 Å². The third-order valence-corrected chi connectivity index (χ3v) is 5.31. The maximum atomic E-state index is 11.2. The Morgan fingerprint density at radius 2 is 2.08 bits per heavy atom. The van der Waals surface area contributed by atoms with E-state index < -0.39 is 0 Å². The summed E-state index contributed by atoms with van der Waals surface area (Å²) in [4.78, 5) is 21.1. The van der Waals surface area contributed by atoms with Crippen LogP contribution in [0.2, 0.25) is 5.02 Å². The van der Waals surface area contributed by atoms with Crippen LogP contribution in [0.1, 0.15) is 12.6 Å². The number of rotatable bonds is 5. The van der Waals surface area contributed by atoms with Crippen LogP contribution in [0.4, 0.5) is 16.0 Å². The number of nitrogens with one attached hydrogen (secondary N) is 2. The van der Waals surface area contributed by atoms with Crippen molar-refractivity contribution in [3.05, 3.63) is 34.3 Å². The Labute approximate surface area is 157 Å². The maximum absolute atomic E-state index is 11.2. The Balaban J connectivity index is 1.85. The number of halogens is 1. The second kappa shape index (κ2) is 7.38. The molecule has 0 aliphatic rings. The first-order chi connectivity index (χ1) is 12.0. The van der Waals surface area contributed by atoms with E-state index in [4.69, 9.17) is 16.3 Å². The van der Waals surface area contributed by atoms with Crippen molar-refractivity contribution in [3.8, 4) is 16.3 Å². The number of methoxy groups -OCH3 is 1.